The summed E-state index contributed by atoms with van der Waals surface area (Å²) in [4.78, 5) is 9.99. The molecule has 18 heavy (non-hydrogen) atoms. The highest BCUT2D eigenvalue weighted by Crippen LogP contribution is 2.31. The van der Waals surface area contributed by atoms with E-state index in [9.17, 15) is 15.1 Å². The van der Waals surface area contributed by atoms with E-state index >= 15 is 0 Å². The third kappa shape index (κ3) is 3.33. The Morgan fingerprint density at radius 2 is 1.72 bits per heavy atom. The summed E-state index contributed by atoms with van der Waals surface area (Å²) in [7, 11) is -1.33. The molecule has 0 amide bonds. The van der Waals surface area contributed by atoms with Crippen LogP contribution in [0.4, 0.5) is 0 Å². The van der Waals surface area contributed by atoms with Gasteiger partial charge in [-0.1, -0.05) is 30.3 Å². The zero-order valence-corrected chi connectivity index (χ0v) is 10.6. The van der Waals surface area contributed by atoms with Crippen LogP contribution in [0.15, 0.2) is 48.5 Å². The number of hydrogen-bond donors (Lipinski definition) is 3. The Bertz CT molecular complexity index is 565. The molecule has 2 aromatic carbocycles. The van der Waals surface area contributed by atoms with Crippen molar-refractivity contribution >= 4 is 13.6 Å². The number of hydrogen-bond acceptors (Lipinski definition) is 3. The smallest absolute Gasteiger partial charge is 0.256 e. The molecular formula is C14H14O3P+. The molecule has 0 bridgehead atoms. The van der Waals surface area contributed by atoms with Gasteiger partial charge in [0.15, 0.2) is 6.16 Å². The number of aromatic hydroxyl groups is 2. The quantitative estimate of drug-likeness (QED) is 0.744. The van der Waals surface area contributed by atoms with Crippen molar-refractivity contribution in [2.24, 2.45) is 0 Å². The Morgan fingerprint density at radius 1 is 1.00 bits per heavy atom. The molecule has 4 heteroatoms. The van der Waals surface area contributed by atoms with Gasteiger partial charge in [-0.25, -0.2) is 0 Å². The maximum atomic E-state index is 9.99. The molecule has 2 rings (SSSR count). The Kier molecular flexibility index (Phi) is 3.98. The van der Waals surface area contributed by atoms with E-state index in [-0.39, 0.29) is 11.5 Å². The van der Waals surface area contributed by atoms with Crippen LogP contribution < -0.4 is 0 Å². The van der Waals surface area contributed by atoms with E-state index < -0.39 is 7.77 Å². The molecule has 1 unspecified atom stereocenters. The predicted molar refractivity (Wildman–Crippen MR) is 74.2 cm³/mol. The fourth-order valence-electron chi connectivity index (χ4n) is 1.62. The lowest BCUT2D eigenvalue weighted by Crippen LogP contribution is -1.84. The Hall–Kier alpha value is -1.83. The van der Waals surface area contributed by atoms with Gasteiger partial charge in [0.1, 0.15) is 17.3 Å². The largest absolute Gasteiger partial charge is 0.508 e. The van der Waals surface area contributed by atoms with Gasteiger partial charge in [-0.3, -0.25) is 0 Å². The third-order valence-corrected chi connectivity index (χ3v) is 3.76. The SMILES string of the molecule is Oc1ccc(C[P+](O)=Cc2ccccc2)c(O)c1. The molecule has 0 spiro atoms. The van der Waals surface area contributed by atoms with Crippen LogP contribution in [0, 0.1) is 0 Å². The van der Waals surface area contributed by atoms with Crippen molar-refractivity contribution in [3.8, 4) is 11.5 Å². The molecule has 0 saturated heterocycles. The maximum Gasteiger partial charge on any atom is 0.256 e. The number of phenolic OH excluding ortho intramolecular Hbond substituents is 2. The first kappa shape index (κ1) is 12.6. The summed E-state index contributed by atoms with van der Waals surface area (Å²) in [6.07, 6.45) is 0.371. The fourth-order valence-corrected chi connectivity index (χ4v) is 2.84. The molecule has 92 valence electrons. The highest BCUT2D eigenvalue weighted by molar-refractivity contribution is 7.51. The summed E-state index contributed by atoms with van der Waals surface area (Å²) in [6.45, 7) is 0. The van der Waals surface area contributed by atoms with Crippen molar-refractivity contribution in [3.63, 3.8) is 0 Å². The average Bonchev–Trinajstić information content (AvgIpc) is 2.34. The van der Waals surface area contributed by atoms with Crippen LogP contribution in [0.5, 0.6) is 11.5 Å². The first-order valence-electron chi connectivity index (χ1n) is 5.51. The van der Waals surface area contributed by atoms with Gasteiger partial charge < -0.3 is 10.2 Å². The van der Waals surface area contributed by atoms with E-state index in [0.717, 1.165) is 5.56 Å². The standard InChI is InChI=1S/C14H13O3P/c15-13-7-6-12(14(16)8-13)10-18(17)9-11-4-2-1-3-5-11/h1-9H,10H2,(H2-,15,16,17)/p+1. The van der Waals surface area contributed by atoms with Crippen LogP contribution in [-0.4, -0.2) is 20.9 Å². The average molecular weight is 261 g/mol. The summed E-state index contributed by atoms with van der Waals surface area (Å²) >= 11 is 0. The van der Waals surface area contributed by atoms with E-state index in [2.05, 4.69) is 0 Å². The van der Waals surface area contributed by atoms with Crippen molar-refractivity contribution in [1.29, 1.82) is 0 Å². The molecule has 3 nitrogen and oxygen atoms in total. The molecule has 0 fully saturated rings. The summed E-state index contributed by atoms with van der Waals surface area (Å²) in [5, 5.41) is 18.8. The van der Waals surface area contributed by atoms with E-state index in [1.165, 1.54) is 12.1 Å². The molecule has 0 aliphatic rings. The van der Waals surface area contributed by atoms with E-state index in [0.29, 0.717) is 11.7 Å². The molecule has 3 N–H and O–H groups in total. The van der Waals surface area contributed by atoms with Crippen LogP contribution in [-0.2, 0) is 6.16 Å². The van der Waals surface area contributed by atoms with Crippen LogP contribution in [0.2, 0.25) is 0 Å². The zero-order valence-electron chi connectivity index (χ0n) is 9.69. The monoisotopic (exact) mass is 261 g/mol. The highest BCUT2D eigenvalue weighted by Gasteiger charge is 2.12. The van der Waals surface area contributed by atoms with Gasteiger partial charge in [0.2, 0.25) is 0 Å². The van der Waals surface area contributed by atoms with Gasteiger partial charge in [0, 0.05) is 17.2 Å². The molecule has 0 aliphatic carbocycles. The molecule has 0 heterocycles. The van der Waals surface area contributed by atoms with E-state index in [4.69, 9.17) is 0 Å². The molecular weight excluding hydrogens is 247 g/mol. The van der Waals surface area contributed by atoms with Gasteiger partial charge in [0.05, 0.1) is 0 Å². The summed E-state index contributed by atoms with van der Waals surface area (Å²) in [5.41, 5.74) is 1.60. The minimum absolute atomic E-state index is 0.0120. The topological polar surface area (TPSA) is 60.7 Å². The van der Waals surface area contributed by atoms with Crippen LogP contribution in [0.1, 0.15) is 11.1 Å². The number of rotatable bonds is 3. The van der Waals surface area contributed by atoms with E-state index in [1.807, 2.05) is 30.3 Å². The lowest BCUT2D eigenvalue weighted by atomic mass is 10.2. The zero-order chi connectivity index (χ0) is 13.0. The van der Waals surface area contributed by atoms with Gasteiger partial charge in [-0.2, -0.15) is 4.89 Å². The van der Waals surface area contributed by atoms with Crippen LogP contribution in [0.25, 0.3) is 0 Å². The van der Waals surface area contributed by atoms with Crippen LogP contribution >= 0.6 is 7.77 Å². The normalized spacial score (nSPS) is 11.5. The first-order chi connectivity index (χ1) is 8.65. The summed E-state index contributed by atoms with van der Waals surface area (Å²) in [6, 6.07) is 14.0. The Morgan fingerprint density at radius 3 is 2.39 bits per heavy atom. The maximum absolute atomic E-state index is 9.99. The van der Waals surface area contributed by atoms with Crippen LogP contribution in [0.3, 0.4) is 0 Å². The second-order valence-electron chi connectivity index (χ2n) is 3.95. The lowest BCUT2D eigenvalue weighted by Gasteiger charge is -1.99. The van der Waals surface area contributed by atoms with Crippen molar-refractivity contribution < 1.29 is 15.1 Å². The van der Waals surface area contributed by atoms with Crippen molar-refractivity contribution in [3.05, 3.63) is 59.7 Å². The Balaban J connectivity index is 2.16. The number of benzene rings is 2. The number of phenols is 2. The summed E-state index contributed by atoms with van der Waals surface area (Å²) < 4.78 is 0. The van der Waals surface area contributed by atoms with Crippen molar-refractivity contribution in [2.45, 2.75) is 6.16 Å². The molecule has 0 saturated carbocycles. The van der Waals surface area contributed by atoms with Crippen molar-refractivity contribution in [2.75, 3.05) is 0 Å². The minimum atomic E-state index is -1.33. The summed E-state index contributed by atoms with van der Waals surface area (Å²) in [5.74, 6) is 1.82. The second-order valence-corrected chi connectivity index (χ2v) is 5.40. The third-order valence-electron chi connectivity index (χ3n) is 2.50. The van der Waals surface area contributed by atoms with Gasteiger partial charge in [-0.15, -0.1) is 0 Å². The Labute approximate surface area is 106 Å². The molecule has 2 aromatic rings. The minimum Gasteiger partial charge on any atom is -0.508 e. The predicted octanol–water partition coefficient (Wildman–Crippen LogP) is 2.84. The lowest BCUT2D eigenvalue weighted by molar-refractivity contribution is 0.447. The highest BCUT2D eigenvalue weighted by atomic mass is 31.1. The fraction of sp³-hybridized carbons (Fsp3) is 0.0714. The van der Waals surface area contributed by atoms with E-state index in [1.54, 1.807) is 11.9 Å². The molecule has 1 atom stereocenters. The van der Waals surface area contributed by atoms with Gasteiger partial charge in [0.25, 0.3) is 7.77 Å². The molecule has 0 aromatic heterocycles. The second kappa shape index (κ2) is 5.67. The molecule has 0 radical (unpaired) electrons. The first-order valence-corrected chi connectivity index (χ1v) is 7.06. The van der Waals surface area contributed by atoms with Gasteiger partial charge in [-0.05, 0) is 12.1 Å². The molecule has 0 aliphatic heterocycles. The van der Waals surface area contributed by atoms with Gasteiger partial charge >= 0.3 is 0 Å². The van der Waals surface area contributed by atoms with Crippen molar-refractivity contribution in [1.82, 2.24) is 0 Å².